The van der Waals surface area contributed by atoms with Crippen LogP contribution in [0.3, 0.4) is 0 Å². The van der Waals surface area contributed by atoms with Crippen molar-refractivity contribution in [3.63, 3.8) is 0 Å². The summed E-state index contributed by atoms with van der Waals surface area (Å²) in [7, 11) is 0. The van der Waals surface area contributed by atoms with Crippen molar-refractivity contribution < 1.29 is 14.6 Å². The summed E-state index contributed by atoms with van der Waals surface area (Å²) in [4.78, 5) is 0. The topological polar surface area (TPSA) is 42.0 Å². The standard InChI is InChI=1S/C16H24O3/c1-3-5-6-7-8-9-13(18-4-2)15-12(17)10-11-14-16(15)19-14/h10-11,13,17H,3-9H2,1-2H3. The van der Waals surface area contributed by atoms with Crippen molar-refractivity contribution >= 4 is 0 Å². The summed E-state index contributed by atoms with van der Waals surface area (Å²) in [6.45, 7) is 4.87. The number of unbranched alkanes of at least 4 members (excludes halogenated alkanes) is 4. The lowest BCUT2D eigenvalue weighted by Crippen LogP contribution is -2.04. The van der Waals surface area contributed by atoms with Gasteiger partial charge in [-0.15, -0.1) is 0 Å². The Balaban J connectivity index is 1.93. The number of hydrogen-bond donors (Lipinski definition) is 1. The van der Waals surface area contributed by atoms with E-state index in [0.717, 1.165) is 29.9 Å². The molecule has 19 heavy (non-hydrogen) atoms. The molecular weight excluding hydrogens is 240 g/mol. The molecule has 2 rings (SSSR count). The van der Waals surface area contributed by atoms with Gasteiger partial charge in [0.25, 0.3) is 0 Å². The highest BCUT2D eigenvalue weighted by Gasteiger charge is 2.31. The predicted octanol–water partition coefficient (Wildman–Crippen LogP) is 4.94. The monoisotopic (exact) mass is 264 g/mol. The van der Waals surface area contributed by atoms with E-state index in [1.807, 2.05) is 6.92 Å². The molecule has 0 spiro atoms. The molecule has 0 radical (unpaired) electrons. The molecule has 0 aliphatic carbocycles. The fourth-order valence-electron chi connectivity index (χ4n) is 2.50. The van der Waals surface area contributed by atoms with Crippen LogP contribution in [0.25, 0.3) is 0 Å². The summed E-state index contributed by atoms with van der Waals surface area (Å²) in [5.74, 6) is 2.00. The van der Waals surface area contributed by atoms with Gasteiger partial charge in [-0.2, -0.15) is 0 Å². The van der Waals surface area contributed by atoms with Crippen LogP contribution in [0.4, 0.5) is 0 Å². The first-order chi connectivity index (χ1) is 9.27. The second kappa shape index (κ2) is 6.80. The van der Waals surface area contributed by atoms with E-state index >= 15 is 0 Å². The van der Waals surface area contributed by atoms with Gasteiger partial charge in [0.2, 0.25) is 0 Å². The summed E-state index contributed by atoms with van der Waals surface area (Å²) in [5, 5.41) is 10.0. The zero-order valence-electron chi connectivity index (χ0n) is 11.9. The summed E-state index contributed by atoms with van der Waals surface area (Å²) in [6, 6.07) is 3.50. The molecule has 0 aromatic heterocycles. The van der Waals surface area contributed by atoms with Crippen LogP contribution in [0.5, 0.6) is 17.2 Å². The maximum Gasteiger partial charge on any atom is 0.179 e. The third-order valence-electron chi connectivity index (χ3n) is 3.57. The molecule has 1 aliphatic heterocycles. The molecule has 1 heterocycles. The van der Waals surface area contributed by atoms with Gasteiger partial charge >= 0.3 is 0 Å². The van der Waals surface area contributed by atoms with Gasteiger partial charge in [0.15, 0.2) is 11.5 Å². The third-order valence-corrected chi connectivity index (χ3v) is 3.57. The molecule has 0 amide bonds. The van der Waals surface area contributed by atoms with E-state index in [4.69, 9.17) is 9.47 Å². The highest BCUT2D eigenvalue weighted by atomic mass is 16.6. The largest absolute Gasteiger partial charge is 0.507 e. The maximum absolute atomic E-state index is 10.0. The minimum atomic E-state index is -0.0379. The van der Waals surface area contributed by atoms with Crippen molar-refractivity contribution in [1.82, 2.24) is 0 Å². The summed E-state index contributed by atoms with van der Waals surface area (Å²) in [5.41, 5.74) is 0.842. The number of benzene rings is 1. The molecule has 3 heteroatoms. The van der Waals surface area contributed by atoms with Crippen molar-refractivity contribution in [2.75, 3.05) is 6.61 Å². The molecule has 106 valence electrons. The summed E-state index contributed by atoms with van der Waals surface area (Å²) >= 11 is 0. The normalized spacial score (nSPS) is 13.8. The van der Waals surface area contributed by atoms with E-state index in [-0.39, 0.29) is 6.10 Å². The zero-order valence-corrected chi connectivity index (χ0v) is 11.9. The van der Waals surface area contributed by atoms with Gasteiger partial charge < -0.3 is 14.6 Å². The molecule has 0 saturated heterocycles. The van der Waals surface area contributed by atoms with Crippen molar-refractivity contribution in [3.05, 3.63) is 17.7 Å². The molecular formula is C16H24O3. The van der Waals surface area contributed by atoms with Crippen molar-refractivity contribution in [3.8, 4) is 17.2 Å². The van der Waals surface area contributed by atoms with Gasteiger partial charge in [-0.1, -0.05) is 39.0 Å². The van der Waals surface area contributed by atoms with Crippen molar-refractivity contribution in [2.24, 2.45) is 0 Å². The van der Waals surface area contributed by atoms with Crippen LogP contribution in [0.1, 0.15) is 64.0 Å². The summed E-state index contributed by atoms with van der Waals surface area (Å²) in [6.07, 6.45) is 7.12. The molecule has 0 bridgehead atoms. The molecule has 0 fully saturated rings. The molecule has 1 atom stereocenters. The lowest BCUT2D eigenvalue weighted by Gasteiger charge is -2.17. The first-order valence-electron chi connectivity index (χ1n) is 7.43. The van der Waals surface area contributed by atoms with Gasteiger partial charge in [0.05, 0.1) is 11.7 Å². The van der Waals surface area contributed by atoms with E-state index < -0.39 is 0 Å². The van der Waals surface area contributed by atoms with Gasteiger partial charge in [0, 0.05) is 6.61 Å². The van der Waals surface area contributed by atoms with Crippen LogP contribution in [0, 0.1) is 0 Å². The zero-order chi connectivity index (χ0) is 13.7. The Morgan fingerprint density at radius 1 is 1.16 bits per heavy atom. The smallest absolute Gasteiger partial charge is 0.179 e. The first kappa shape index (κ1) is 14.2. The van der Waals surface area contributed by atoms with Gasteiger partial charge in [0.1, 0.15) is 5.75 Å². The number of fused-ring (bicyclic) bond motifs is 1. The SMILES string of the molecule is CCCCCCCC(OCC)c1c(O)ccc2c1O2. The lowest BCUT2D eigenvalue weighted by molar-refractivity contribution is 0.0523. The fourth-order valence-corrected chi connectivity index (χ4v) is 2.50. The van der Waals surface area contributed by atoms with E-state index in [9.17, 15) is 5.11 Å². The number of phenols is 1. The highest BCUT2D eigenvalue weighted by molar-refractivity contribution is 5.64. The number of phenolic OH excluding ortho intramolecular Hbond substituents is 1. The van der Waals surface area contributed by atoms with Gasteiger partial charge in [-0.05, 0) is 25.5 Å². The predicted molar refractivity (Wildman–Crippen MR) is 75.9 cm³/mol. The first-order valence-corrected chi connectivity index (χ1v) is 7.43. The van der Waals surface area contributed by atoms with E-state index in [1.165, 1.54) is 25.7 Å². The second-order valence-electron chi connectivity index (χ2n) is 5.07. The highest BCUT2D eigenvalue weighted by Crippen LogP contribution is 2.54. The van der Waals surface area contributed by atoms with Crippen molar-refractivity contribution in [2.45, 2.75) is 58.5 Å². The molecule has 0 saturated carbocycles. The Kier molecular flexibility index (Phi) is 5.08. The van der Waals surface area contributed by atoms with Crippen LogP contribution in [-0.2, 0) is 4.74 Å². The van der Waals surface area contributed by atoms with E-state index in [2.05, 4.69) is 6.92 Å². The molecule has 1 unspecified atom stereocenters. The van der Waals surface area contributed by atoms with Crippen LogP contribution < -0.4 is 4.74 Å². The summed E-state index contributed by atoms with van der Waals surface area (Å²) < 4.78 is 11.2. The van der Waals surface area contributed by atoms with Crippen LogP contribution in [-0.4, -0.2) is 11.7 Å². The van der Waals surface area contributed by atoms with E-state index in [0.29, 0.717) is 12.4 Å². The van der Waals surface area contributed by atoms with Crippen molar-refractivity contribution in [1.29, 1.82) is 0 Å². The Labute approximate surface area is 115 Å². The average molecular weight is 264 g/mol. The lowest BCUT2D eigenvalue weighted by atomic mass is 10.0. The van der Waals surface area contributed by atoms with Gasteiger partial charge in [-0.25, -0.2) is 0 Å². The second-order valence-corrected chi connectivity index (χ2v) is 5.07. The number of aromatic hydroxyl groups is 1. The molecule has 1 aromatic carbocycles. The fraction of sp³-hybridized carbons (Fsp3) is 0.625. The molecule has 1 N–H and O–H groups in total. The minimum absolute atomic E-state index is 0.0379. The average Bonchev–Trinajstić information content (AvgIpc) is 3.17. The minimum Gasteiger partial charge on any atom is -0.507 e. The molecule has 1 aromatic rings. The van der Waals surface area contributed by atoms with Gasteiger partial charge in [-0.3, -0.25) is 0 Å². The van der Waals surface area contributed by atoms with Crippen LogP contribution in [0.2, 0.25) is 0 Å². The van der Waals surface area contributed by atoms with Crippen LogP contribution >= 0.6 is 0 Å². The third kappa shape index (κ3) is 3.63. The molecule has 3 nitrogen and oxygen atoms in total. The Morgan fingerprint density at radius 2 is 1.95 bits per heavy atom. The Hall–Kier alpha value is -1.22. The number of rotatable bonds is 9. The Morgan fingerprint density at radius 3 is 2.68 bits per heavy atom. The Bertz CT molecular complexity index is 411. The van der Waals surface area contributed by atoms with E-state index in [1.54, 1.807) is 12.1 Å². The molecule has 1 aliphatic rings. The quantitative estimate of drug-likeness (QED) is 0.515. The number of ether oxygens (including phenoxy) is 2. The van der Waals surface area contributed by atoms with Crippen LogP contribution in [0.15, 0.2) is 12.1 Å². The maximum atomic E-state index is 10.0. The number of hydrogen-bond acceptors (Lipinski definition) is 3.